The Hall–Kier alpha value is -0.800. The van der Waals surface area contributed by atoms with E-state index in [1.54, 1.807) is 0 Å². The highest BCUT2D eigenvalue weighted by atomic mass is 35.5. The summed E-state index contributed by atoms with van der Waals surface area (Å²) in [5.74, 6) is 0.422. The van der Waals surface area contributed by atoms with E-state index in [0.29, 0.717) is 16.9 Å². The Bertz CT molecular complexity index is 414. The zero-order chi connectivity index (χ0) is 9.42. The van der Waals surface area contributed by atoms with Gasteiger partial charge in [0.1, 0.15) is 11.6 Å². The molecule has 2 nitrogen and oxygen atoms in total. The van der Waals surface area contributed by atoms with Crippen LogP contribution >= 0.6 is 23.2 Å². The number of hydrogen-bond donors (Lipinski definition) is 1. The van der Waals surface area contributed by atoms with Gasteiger partial charge in [-0.1, -0.05) is 11.6 Å². The van der Waals surface area contributed by atoms with E-state index in [0.717, 1.165) is 0 Å². The summed E-state index contributed by atoms with van der Waals surface area (Å²) in [6, 6.07) is 2.78. The Morgan fingerprint density at radius 1 is 1.46 bits per heavy atom. The number of nitrogens with one attached hydrogen (secondary N) is 1. The first-order valence-corrected chi connectivity index (χ1v) is 4.51. The molecule has 0 fully saturated rings. The normalized spacial score (nSPS) is 11.0. The van der Waals surface area contributed by atoms with Crippen molar-refractivity contribution >= 4 is 34.2 Å². The molecule has 0 radical (unpaired) electrons. The smallest absolute Gasteiger partial charge is 0.144 e. The Morgan fingerprint density at radius 2 is 2.23 bits per heavy atom. The highest BCUT2D eigenvalue weighted by Crippen LogP contribution is 2.21. The fourth-order valence-electron chi connectivity index (χ4n) is 1.12. The summed E-state index contributed by atoms with van der Waals surface area (Å²) >= 11 is 11.1. The Labute approximate surface area is 83.7 Å². The molecule has 0 unspecified atom stereocenters. The topological polar surface area (TPSA) is 28.7 Å². The molecule has 0 saturated heterocycles. The molecule has 0 amide bonds. The molecule has 1 N–H and O–H groups in total. The number of hydrogen-bond acceptors (Lipinski definition) is 1. The predicted octanol–water partition coefficient (Wildman–Crippen LogP) is 3.09. The van der Waals surface area contributed by atoms with Gasteiger partial charge in [-0.05, 0) is 6.07 Å². The van der Waals surface area contributed by atoms with Crippen LogP contribution in [0.2, 0.25) is 5.02 Å². The number of H-pyrrole nitrogens is 1. The number of imidazole rings is 1. The van der Waals surface area contributed by atoms with Gasteiger partial charge in [-0.15, -0.1) is 11.6 Å². The van der Waals surface area contributed by atoms with Crippen molar-refractivity contribution in [3.63, 3.8) is 0 Å². The van der Waals surface area contributed by atoms with Crippen LogP contribution in [0, 0.1) is 5.82 Å². The van der Waals surface area contributed by atoms with Crippen molar-refractivity contribution in [3.05, 3.63) is 28.8 Å². The standard InChI is InChI=1S/C8H5Cl2FN2/c9-3-8-12-6-1-4(10)5(11)2-7(6)13-8/h1-2H,3H2,(H,12,13). The van der Waals surface area contributed by atoms with E-state index < -0.39 is 5.82 Å². The summed E-state index contributed by atoms with van der Waals surface area (Å²) < 4.78 is 12.9. The van der Waals surface area contributed by atoms with Crippen LogP contribution in [0.25, 0.3) is 11.0 Å². The van der Waals surface area contributed by atoms with Gasteiger partial charge in [0.05, 0.1) is 21.9 Å². The average Bonchev–Trinajstić information content (AvgIpc) is 2.48. The molecule has 0 bridgehead atoms. The van der Waals surface area contributed by atoms with Gasteiger partial charge >= 0.3 is 0 Å². The first-order valence-electron chi connectivity index (χ1n) is 3.60. The zero-order valence-electron chi connectivity index (χ0n) is 6.44. The van der Waals surface area contributed by atoms with Gasteiger partial charge in [-0.2, -0.15) is 0 Å². The zero-order valence-corrected chi connectivity index (χ0v) is 7.95. The third-order valence-corrected chi connectivity index (χ3v) is 2.24. The molecule has 0 spiro atoms. The Balaban J connectivity index is 2.70. The minimum atomic E-state index is -0.459. The summed E-state index contributed by atoms with van der Waals surface area (Å²) in [5, 5.41) is 0.0696. The van der Waals surface area contributed by atoms with Gasteiger partial charge in [0, 0.05) is 6.07 Å². The van der Waals surface area contributed by atoms with Gasteiger partial charge < -0.3 is 4.98 Å². The van der Waals surface area contributed by atoms with E-state index in [-0.39, 0.29) is 10.9 Å². The lowest BCUT2D eigenvalue weighted by molar-refractivity contribution is 0.630. The van der Waals surface area contributed by atoms with Gasteiger partial charge in [-0.25, -0.2) is 9.37 Å². The second-order valence-electron chi connectivity index (χ2n) is 2.60. The van der Waals surface area contributed by atoms with E-state index in [4.69, 9.17) is 23.2 Å². The van der Waals surface area contributed by atoms with E-state index in [1.165, 1.54) is 12.1 Å². The van der Waals surface area contributed by atoms with Crippen molar-refractivity contribution in [2.24, 2.45) is 0 Å². The lowest BCUT2D eigenvalue weighted by atomic mass is 10.3. The number of aromatic amines is 1. The van der Waals surface area contributed by atoms with Crippen molar-refractivity contribution in [2.45, 2.75) is 5.88 Å². The molecule has 0 aliphatic rings. The number of benzene rings is 1. The number of halogens is 3. The highest BCUT2D eigenvalue weighted by Gasteiger charge is 2.06. The van der Waals surface area contributed by atoms with Crippen LogP contribution in [-0.4, -0.2) is 9.97 Å². The highest BCUT2D eigenvalue weighted by molar-refractivity contribution is 6.31. The summed E-state index contributed by atoms with van der Waals surface area (Å²) in [6.45, 7) is 0. The van der Waals surface area contributed by atoms with Crippen LogP contribution in [0.15, 0.2) is 12.1 Å². The van der Waals surface area contributed by atoms with Crippen LogP contribution in [0.1, 0.15) is 5.82 Å². The molecule has 68 valence electrons. The lowest BCUT2D eigenvalue weighted by Crippen LogP contribution is -1.77. The summed E-state index contributed by atoms with van der Waals surface area (Å²) in [5.41, 5.74) is 1.24. The van der Waals surface area contributed by atoms with Crippen LogP contribution < -0.4 is 0 Å². The number of fused-ring (bicyclic) bond motifs is 1. The quantitative estimate of drug-likeness (QED) is 0.733. The molecule has 5 heteroatoms. The van der Waals surface area contributed by atoms with Crippen LogP contribution in [0.4, 0.5) is 4.39 Å². The fraction of sp³-hybridized carbons (Fsp3) is 0.125. The minimum Gasteiger partial charge on any atom is -0.341 e. The molecule has 1 heterocycles. The van der Waals surface area contributed by atoms with Crippen LogP contribution in [0.3, 0.4) is 0 Å². The van der Waals surface area contributed by atoms with E-state index in [1.807, 2.05) is 0 Å². The fourth-order valence-corrected chi connectivity index (χ4v) is 1.41. The number of aromatic nitrogens is 2. The van der Waals surface area contributed by atoms with E-state index >= 15 is 0 Å². The molecule has 0 saturated carbocycles. The van der Waals surface area contributed by atoms with Gasteiger partial charge in [0.2, 0.25) is 0 Å². The second kappa shape index (κ2) is 3.16. The van der Waals surface area contributed by atoms with Crippen LogP contribution in [-0.2, 0) is 5.88 Å². The van der Waals surface area contributed by atoms with Crippen molar-refractivity contribution in [2.75, 3.05) is 0 Å². The molecule has 1 aromatic heterocycles. The molecule has 13 heavy (non-hydrogen) atoms. The maximum absolute atomic E-state index is 12.9. The van der Waals surface area contributed by atoms with Crippen molar-refractivity contribution in [1.29, 1.82) is 0 Å². The summed E-state index contributed by atoms with van der Waals surface area (Å²) in [4.78, 5) is 6.97. The van der Waals surface area contributed by atoms with Crippen molar-refractivity contribution in [3.8, 4) is 0 Å². The molecule has 1 aromatic carbocycles. The van der Waals surface area contributed by atoms with Gasteiger partial charge in [0.25, 0.3) is 0 Å². The molecule has 0 aliphatic heterocycles. The van der Waals surface area contributed by atoms with Gasteiger partial charge in [-0.3, -0.25) is 0 Å². The number of rotatable bonds is 1. The number of alkyl halides is 1. The molecule has 2 rings (SSSR count). The lowest BCUT2D eigenvalue weighted by Gasteiger charge is -1.91. The third kappa shape index (κ3) is 1.49. The molecular weight excluding hydrogens is 214 g/mol. The van der Waals surface area contributed by atoms with Crippen molar-refractivity contribution < 1.29 is 4.39 Å². The predicted molar refractivity (Wildman–Crippen MR) is 50.6 cm³/mol. The first-order chi connectivity index (χ1) is 6.20. The maximum Gasteiger partial charge on any atom is 0.144 e. The monoisotopic (exact) mass is 218 g/mol. The number of nitrogens with zero attached hydrogens (tertiary/aromatic N) is 1. The molecular formula is C8H5Cl2FN2. The van der Waals surface area contributed by atoms with E-state index in [9.17, 15) is 4.39 Å². The summed E-state index contributed by atoms with van der Waals surface area (Å²) in [7, 11) is 0. The van der Waals surface area contributed by atoms with Gasteiger partial charge in [0.15, 0.2) is 0 Å². The van der Waals surface area contributed by atoms with Crippen LogP contribution in [0.5, 0.6) is 0 Å². The SMILES string of the molecule is Fc1cc2[nH]c(CCl)nc2cc1Cl. The molecule has 0 atom stereocenters. The Morgan fingerprint density at radius 3 is 2.92 bits per heavy atom. The third-order valence-electron chi connectivity index (χ3n) is 1.70. The van der Waals surface area contributed by atoms with E-state index in [2.05, 4.69) is 9.97 Å². The largest absolute Gasteiger partial charge is 0.341 e. The maximum atomic E-state index is 12.9. The second-order valence-corrected chi connectivity index (χ2v) is 3.28. The minimum absolute atomic E-state index is 0.0696. The first kappa shape index (κ1) is 8.78. The average molecular weight is 219 g/mol. The molecule has 2 aromatic rings. The molecule has 0 aliphatic carbocycles. The summed E-state index contributed by atoms with van der Waals surface area (Å²) in [6.07, 6.45) is 0. The van der Waals surface area contributed by atoms with Crippen molar-refractivity contribution in [1.82, 2.24) is 9.97 Å². The Kier molecular flexibility index (Phi) is 2.14.